The standard InChI is InChI=1S/C24H26N4O3/c1-27(2)24(30)18-8-10-20(11-9-18)26-23(29)21-12-13-31-22(21)19-14-25-28(16-19)15-17-6-4-3-5-7-17/h3-11,14,16,21-22H,12-13,15H2,1-2H3,(H,26,29)/t21-,22+/m0/s1. The fourth-order valence-electron chi connectivity index (χ4n) is 3.76. The summed E-state index contributed by atoms with van der Waals surface area (Å²) >= 11 is 0. The highest BCUT2D eigenvalue weighted by Crippen LogP contribution is 2.35. The number of hydrogen-bond donors (Lipinski definition) is 1. The van der Waals surface area contributed by atoms with Gasteiger partial charge in [-0.1, -0.05) is 30.3 Å². The number of carbonyl (C=O) groups excluding carboxylic acids is 2. The van der Waals surface area contributed by atoms with Crippen molar-refractivity contribution in [2.24, 2.45) is 5.92 Å². The first-order chi connectivity index (χ1) is 15.0. The number of anilines is 1. The molecule has 1 fully saturated rings. The van der Waals surface area contributed by atoms with Gasteiger partial charge in [-0.3, -0.25) is 14.3 Å². The molecule has 7 nitrogen and oxygen atoms in total. The van der Waals surface area contributed by atoms with Gasteiger partial charge in [-0.15, -0.1) is 0 Å². The third kappa shape index (κ3) is 4.83. The van der Waals surface area contributed by atoms with Crippen LogP contribution in [-0.4, -0.2) is 47.2 Å². The van der Waals surface area contributed by atoms with Gasteiger partial charge in [0.05, 0.1) is 24.8 Å². The molecule has 2 amide bonds. The highest BCUT2D eigenvalue weighted by Gasteiger charge is 2.36. The maximum absolute atomic E-state index is 12.9. The van der Waals surface area contributed by atoms with Gasteiger partial charge in [-0.05, 0) is 36.2 Å². The first-order valence-corrected chi connectivity index (χ1v) is 10.3. The summed E-state index contributed by atoms with van der Waals surface area (Å²) < 4.78 is 7.75. The first kappa shape index (κ1) is 20.8. The molecule has 2 aromatic carbocycles. The number of carbonyl (C=O) groups is 2. The highest BCUT2D eigenvalue weighted by molar-refractivity contribution is 5.96. The van der Waals surface area contributed by atoms with Crippen LogP contribution >= 0.6 is 0 Å². The molecule has 31 heavy (non-hydrogen) atoms. The number of rotatable bonds is 6. The molecule has 0 saturated carbocycles. The fourth-order valence-corrected chi connectivity index (χ4v) is 3.76. The molecule has 0 spiro atoms. The normalized spacial score (nSPS) is 18.0. The van der Waals surface area contributed by atoms with Crippen LogP contribution in [0, 0.1) is 5.92 Å². The molecule has 1 aliphatic heterocycles. The maximum atomic E-state index is 12.9. The van der Waals surface area contributed by atoms with Gasteiger partial charge in [0, 0.05) is 43.7 Å². The van der Waals surface area contributed by atoms with Crippen LogP contribution < -0.4 is 5.32 Å². The summed E-state index contributed by atoms with van der Waals surface area (Å²) in [6, 6.07) is 17.0. The first-order valence-electron chi connectivity index (χ1n) is 10.3. The Labute approximate surface area is 181 Å². The summed E-state index contributed by atoms with van der Waals surface area (Å²) in [5.74, 6) is -0.461. The zero-order valence-corrected chi connectivity index (χ0v) is 17.7. The summed E-state index contributed by atoms with van der Waals surface area (Å²) in [5.41, 5.74) is 3.30. The van der Waals surface area contributed by atoms with E-state index >= 15 is 0 Å². The molecule has 1 saturated heterocycles. The number of nitrogens with zero attached hydrogens (tertiary/aromatic N) is 3. The van der Waals surface area contributed by atoms with Crippen molar-refractivity contribution < 1.29 is 14.3 Å². The molecule has 0 aliphatic carbocycles. The molecule has 2 heterocycles. The van der Waals surface area contributed by atoms with Crippen LogP contribution in [0.2, 0.25) is 0 Å². The predicted molar refractivity (Wildman–Crippen MR) is 118 cm³/mol. The lowest BCUT2D eigenvalue weighted by molar-refractivity contribution is -0.121. The molecular weight excluding hydrogens is 392 g/mol. The Kier molecular flexibility index (Phi) is 6.13. The van der Waals surface area contributed by atoms with Crippen molar-refractivity contribution in [1.29, 1.82) is 0 Å². The summed E-state index contributed by atoms with van der Waals surface area (Å²) in [4.78, 5) is 26.5. The Morgan fingerprint density at radius 3 is 2.58 bits per heavy atom. The van der Waals surface area contributed by atoms with E-state index in [1.54, 1.807) is 44.6 Å². The van der Waals surface area contributed by atoms with Gasteiger partial charge in [-0.25, -0.2) is 0 Å². The Morgan fingerprint density at radius 1 is 1.13 bits per heavy atom. The lowest BCUT2D eigenvalue weighted by Crippen LogP contribution is -2.25. The second-order valence-electron chi connectivity index (χ2n) is 7.91. The van der Waals surface area contributed by atoms with Crippen LogP contribution in [-0.2, 0) is 16.1 Å². The van der Waals surface area contributed by atoms with E-state index in [1.807, 2.05) is 29.1 Å². The lowest BCUT2D eigenvalue weighted by Gasteiger charge is -2.17. The van der Waals surface area contributed by atoms with Crippen molar-refractivity contribution >= 4 is 17.5 Å². The van der Waals surface area contributed by atoms with E-state index in [0.717, 1.165) is 11.1 Å². The molecule has 1 N–H and O–H groups in total. The molecule has 3 aromatic rings. The van der Waals surface area contributed by atoms with Crippen LogP contribution in [0.4, 0.5) is 5.69 Å². The molecule has 1 aliphatic rings. The van der Waals surface area contributed by atoms with Gasteiger partial charge in [-0.2, -0.15) is 5.10 Å². The number of amides is 2. The molecule has 0 unspecified atom stereocenters. The van der Waals surface area contributed by atoms with Gasteiger partial charge in [0.25, 0.3) is 5.91 Å². The van der Waals surface area contributed by atoms with Crippen LogP contribution in [0.5, 0.6) is 0 Å². The van der Waals surface area contributed by atoms with E-state index in [-0.39, 0.29) is 23.8 Å². The minimum Gasteiger partial charge on any atom is -0.373 e. The fraction of sp³-hybridized carbons (Fsp3) is 0.292. The summed E-state index contributed by atoms with van der Waals surface area (Å²) in [7, 11) is 3.42. The van der Waals surface area contributed by atoms with Gasteiger partial charge in [0.1, 0.15) is 0 Å². The van der Waals surface area contributed by atoms with Gasteiger partial charge in [0.2, 0.25) is 5.91 Å². The second kappa shape index (κ2) is 9.14. The zero-order valence-electron chi connectivity index (χ0n) is 17.7. The molecule has 0 bridgehead atoms. The third-order valence-electron chi connectivity index (χ3n) is 5.40. The van der Waals surface area contributed by atoms with E-state index in [4.69, 9.17) is 4.74 Å². The van der Waals surface area contributed by atoms with Gasteiger partial charge in [0.15, 0.2) is 0 Å². The number of hydrogen-bond acceptors (Lipinski definition) is 4. The van der Waals surface area contributed by atoms with E-state index in [1.165, 1.54) is 4.90 Å². The monoisotopic (exact) mass is 418 g/mol. The highest BCUT2D eigenvalue weighted by atomic mass is 16.5. The lowest BCUT2D eigenvalue weighted by atomic mass is 9.96. The van der Waals surface area contributed by atoms with Crippen molar-refractivity contribution in [3.63, 3.8) is 0 Å². The Hall–Kier alpha value is -3.45. The summed E-state index contributed by atoms with van der Waals surface area (Å²) in [6.07, 6.45) is 4.06. The summed E-state index contributed by atoms with van der Waals surface area (Å²) in [5, 5.41) is 7.40. The quantitative estimate of drug-likeness (QED) is 0.666. The molecule has 2 atom stereocenters. The zero-order chi connectivity index (χ0) is 21.8. The number of aromatic nitrogens is 2. The third-order valence-corrected chi connectivity index (χ3v) is 5.40. The maximum Gasteiger partial charge on any atom is 0.253 e. The summed E-state index contributed by atoms with van der Waals surface area (Å²) in [6.45, 7) is 1.20. The Morgan fingerprint density at radius 2 is 1.87 bits per heavy atom. The average Bonchev–Trinajstić information content (AvgIpc) is 3.44. The molecular formula is C24H26N4O3. The minimum atomic E-state index is -0.320. The van der Waals surface area contributed by atoms with Crippen LogP contribution in [0.1, 0.15) is 34.0 Å². The predicted octanol–water partition coefficient (Wildman–Crippen LogP) is 3.35. The van der Waals surface area contributed by atoms with Crippen molar-refractivity contribution in [3.8, 4) is 0 Å². The Bertz CT molecular complexity index is 1040. The van der Waals surface area contributed by atoms with Crippen LogP contribution in [0.25, 0.3) is 0 Å². The SMILES string of the molecule is CN(C)C(=O)c1ccc(NC(=O)[C@H]2CCO[C@@H]2c2cnn(Cc3ccccc3)c2)cc1. The van der Waals surface area contributed by atoms with Gasteiger partial charge >= 0.3 is 0 Å². The molecule has 7 heteroatoms. The van der Waals surface area contributed by atoms with E-state index in [2.05, 4.69) is 22.5 Å². The van der Waals surface area contributed by atoms with E-state index in [0.29, 0.717) is 30.8 Å². The van der Waals surface area contributed by atoms with Crippen LogP contribution in [0.15, 0.2) is 67.0 Å². The van der Waals surface area contributed by atoms with Crippen molar-refractivity contribution in [3.05, 3.63) is 83.7 Å². The number of nitrogens with one attached hydrogen (secondary N) is 1. The molecule has 1 aromatic heterocycles. The Balaban J connectivity index is 1.41. The smallest absolute Gasteiger partial charge is 0.253 e. The van der Waals surface area contributed by atoms with Crippen molar-refractivity contribution in [2.75, 3.05) is 26.0 Å². The topological polar surface area (TPSA) is 76.5 Å². The molecule has 0 radical (unpaired) electrons. The van der Waals surface area contributed by atoms with Gasteiger partial charge < -0.3 is 15.0 Å². The van der Waals surface area contributed by atoms with Crippen molar-refractivity contribution in [1.82, 2.24) is 14.7 Å². The minimum absolute atomic E-state index is 0.0744. The molecule has 4 rings (SSSR count). The van der Waals surface area contributed by atoms with Crippen molar-refractivity contribution in [2.45, 2.75) is 19.1 Å². The second-order valence-corrected chi connectivity index (χ2v) is 7.91. The number of ether oxygens (including phenoxy) is 1. The average molecular weight is 418 g/mol. The van der Waals surface area contributed by atoms with Crippen LogP contribution in [0.3, 0.4) is 0 Å². The molecule has 160 valence electrons. The van der Waals surface area contributed by atoms with E-state index < -0.39 is 0 Å². The number of benzene rings is 2. The van der Waals surface area contributed by atoms with E-state index in [9.17, 15) is 9.59 Å². The largest absolute Gasteiger partial charge is 0.373 e.